The molecular weight excluding hydrogens is 479 g/mol. The average molecular weight is 497 g/mol. The molecule has 1 fully saturated rings. The van der Waals surface area contributed by atoms with Crippen molar-refractivity contribution in [1.82, 2.24) is 5.32 Å². The standard InChI is InChI=1S/C25H18Cl2N2O5/c26-17-7-9-18(10-8-17)29-24(31)20(23(30)28-25(29)32)15-16-5-11-19(12-6-16)33-13-14-34-22-4-2-1-3-21(22)27/h1-12,15H,13-14H2,(H,28,30,32). The van der Waals surface area contributed by atoms with Crippen LogP contribution in [0.4, 0.5) is 10.5 Å². The van der Waals surface area contributed by atoms with Gasteiger partial charge in [0.05, 0.1) is 10.7 Å². The van der Waals surface area contributed by atoms with Gasteiger partial charge in [0, 0.05) is 5.02 Å². The molecule has 0 radical (unpaired) electrons. The van der Waals surface area contributed by atoms with Gasteiger partial charge in [-0.15, -0.1) is 0 Å². The van der Waals surface area contributed by atoms with Gasteiger partial charge in [-0.1, -0.05) is 47.5 Å². The van der Waals surface area contributed by atoms with Gasteiger partial charge in [-0.25, -0.2) is 9.69 Å². The molecule has 0 aromatic heterocycles. The third-order valence-corrected chi connectivity index (χ3v) is 5.39. The van der Waals surface area contributed by atoms with Crippen LogP contribution in [-0.4, -0.2) is 31.1 Å². The van der Waals surface area contributed by atoms with E-state index in [0.29, 0.717) is 46.0 Å². The second-order valence-electron chi connectivity index (χ2n) is 7.13. The van der Waals surface area contributed by atoms with Gasteiger partial charge in [0.1, 0.15) is 30.3 Å². The molecule has 9 heteroatoms. The van der Waals surface area contributed by atoms with Crippen LogP contribution in [0.5, 0.6) is 11.5 Å². The van der Waals surface area contributed by atoms with E-state index in [4.69, 9.17) is 32.7 Å². The summed E-state index contributed by atoms with van der Waals surface area (Å²) < 4.78 is 11.2. The number of ether oxygens (including phenoxy) is 2. The Kier molecular flexibility index (Phi) is 7.15. The Bertz CT molecular complexity index is 1260. The van der Waals surface area contributed by atoms with Crippen LogP contribution >= 0.6 is 23.2 Å². The smallest absolute Gasteiger partial charge is 0.335 e. The molecule has 0 saturated carbocycles. The van der Waals surface area contributed by atoms with E-state index in [-0.39, 0.29) is 5.57 Å². The maximum absolute atomic E-state index is 12.9. The molecule has 172 valence electrons. The average Bonchev–Trinajstić information content (AvgIpc) is 2.82. The number of carbonyl (C=O) groups excluding carboxylic acids is 3. The Labute approximate surface area is 205 Å². The van der Waals surface area contributed by atoms with E-state index >= 15 is 0 Å². The van der Waals surface area contributed by atoms with Crippen molar-refractivity contribution in [2.45, 2.75) is 0 Å². The maximum Gasteiger partial charge on any atom is 0.335 e. The first-order valence-corrected chi connectivity index (χ1v) is 11.0. The van der Waals surface area contributed by atoms with Crippen LogP contribution in [-0.2, 0) is 9.59 Å². The quantitative estimate of drug-likeness (QED) is 0.278. The van der Waals surface area contributed by atoms with Crippen molar-refractivity contribution in [2.75, 3.05) is 18.1 Å². The van der Waals surface area contributed by atoms with Crippen LogP contribution in [0.25, 0.3) is 6.08 Å². The summed E-state index contributed by atoms with van der Waals surface area (Å²) in [5.41, 5.74) is 0.716. The van der Waals surface area contributed by atoms with Gasteiger partial charge < -0.3 is 9.47 Å². The second-order valence-corrected chi connectivity index (χ2v) is 7.97. The fourth-order valence-electron chi connectivity index (χ4n) is 3.18. The predicted molar refractivity (Wildman–Crippen MR) is 129 cm³/mol. The van der Waals surface area contributed by atoms with Crippen molar-refractivity contribution >= 4 is 52.8 Å². The topological polar surface area (TPSA) is 84.9 Å². The van der Waals surface area contributed by atoms with Crippen molar-refractivity contribution in [3.63, 3.8) is 0 Å². The van der Waals surface area contributed by atoms with Crippen LogP contribution in [0, 0.1) is 0 Å². The molecule has 1 N–H and O–H groups in total. The normalized spacial score (nSPS) is 14.8. The van der Waals surface area contributed by atoms with Crippen molar-refractivity contribution in [3.8, 4) is 11.5 Å². The van der Waals surface area contributed by atoms with E-state index in [0.717, 1.165) is 4.90 Å². The number of carbonyl (C=O) groups is 3. The number of imide groups is 2. The Morgan fingerprint density at radius 1 is 0.824 bits per heavy atom. The highest BCUT2D eigenvalue weighted by atomic mass is 35.5. The minimum atomic E-state index is -0.822. The molecule has 1 aliphatic rings. The fraction of sp³-hybridized carbons (Fsp3) is 0.0800. The van der Waals surface area contributed by atoms with Gasteiger partial charge in [-0.05, 0) is 60.2 Å². The summed E-state index contributed by atoms with van der Waals surface area (Å²) in [6.45, 7) is 0.601. The minimum absolute atomic E-state index is 0.170. The zero-order valence-corrected chi connectivity index (χ0v) is 19.2. The molecule has 0 atom stereocenters. The molecule has 0 spiro atoms. The number of hydrogen-bond acceptors (Lipinski definition) is 5. The number of amides is 4. The molecule has 4 rings (SSSR count). The summed E-state index contributed by atoms with van der Waals surface area (Å²) in [7, 11) is 0. The highest BCUT2D eigenvalue weighted by molar-refractivity contribution is 6.39. The first-order chi connectivity index (χ1) is 16.4. The number of halogens is 2. The van der Waals surface area contributed by atoms with Gasteiger partial charge in [0.15, 0.2) is 0 Å². The molecule has 4 amide bonds. The molecule has 0 unspecified atom stereocenters. The van der Waals surface area contributed by atoms with Crippen LogP contribution in [0.3, 0.4) is 0 Å². The number of anilines is 1. The van der Waals surface area contributed by atoms with E-state index in [1.54, 1.807) is 48.5 Å². The summed E-state index contributed by atoms with van der Waals surface area (Å²) in [5, 5.41) is 3.17. The maximum atomic E-state index is 12.9. The molecule has 1 aliphatic heterocycles. The third-order valence-electron chi connectivity index (χ3n) is 4.82. The van der Waals surface area contributed by atoms with Gasteiger partial charge >= 0.3 is 6.03 Å². The number of barbiturate groups is 1. The Morgan fingerprint density at radius 3 is 2.21 bits per heavy atom. The molecule has 0 bridgehead atoms. The number of urea groups is 1. The van der Waals surface area contributed by atoms with E-state index in [2.05, 4.69) is 5.32 Å². The molecule has 0 aliphatic carbocycles. The monoisotopic (exact) mass is 496 g/mol. The highest BCUT2D eigenvalue weighted by Gasteiger charge is 2.36. The Morgan fingerprint density at radius 2 is 1.50 bits per heavy atom. The van der Waals surface area contributed by atoms with Crippen molar-refractivity contribution in [2.24, 2.45) is 0 Å². The summed E-state index contributed by atoms with van der Waals surface area (Å²) >= 11 is 11.9. The van der Waals surface area contributed by atoms with Crippen molar-refractivity contribution in [1.29, 1.82) is 0 Å². The van der Waals surface area contributed by atoms with E-state index in [1.165, 1.54) is 18.2 Å². The largest absolute Gasteiger partial charge is 0.490 e. The zero-order valence-electron chi connectivity index (χ0n) is 17.7. The van der Waals surface area contributed by atoms with Gasteiger partial charge in [0.25, 0.3) is 11.8 Å². The van der Waals surface area contributed by atoms with Crippen LogP contribution in [0.1, 0.15) is 5.56 Å². The van der Waals surface area contributed by atoms with Crippen LogP contribution in [0.15, 0.2) is 78.4 Å². The van der Waals surface area contributed by atoms with E-state index < -0.39 is 17.8 Å². The number of hydrogen-bond donors (Lipinski definition) is 1. The SMILES string of the molecule is O=C1NC(=O)N(c2ccc(Cl)cc2)C(=O)C1=Cc1ccc(OCCOc2ccccc2Cl)cc1. The second kappa shape index (κ2) is 10.4. The number of nitrogens with zero attached hydrogens (tertiary/aromatic N) is 1. The van der Waals surface area contributed by atoms with Gasteiger partial charge in [-0.3, -0.25) is 14.9 Å². The lowest BCUT2D eigenvalue weighted by Crippen LogP contribution is -2.54. The molecule has 34 heavy (non-hydrogen) atoms. The molecule has 3 aromatic carbocycles. The fourth-order valence-corrected chi connectivity index (χ4v) is 3.50. The third kappa shape index (κ3) is 5.39. The molecule has 3 aromatic rings. The first-order valence-electron chi connectivity index (χ1n) is 10.2. The van der Waals surface area contributed by atoms with Crippen LogP contribution < -0.4 is 19.7 Å². The number of para-hydroxylation sites is 1. The van der Waals surface area contributed by atoms with Gasteiger partial charge in [-0.2, -0.15) is 0 Å². The summed E-state index contributed by atoms with van der Waals surface area (Å²) in [4.78, 5) is 38.4. The van der Waals surface area contributed by atoms with E-state index in [1.807, 2.05) is 12.1 Å². The highest BCUT2D eigenvalue weighted by Crippen LogP contribution is 2.25. The minimum Gasteiger partial charge on any atom is -0.490 e. The summed E-state index contributed by atoms with van der Waals surface area (Å²) in [5.74, 6) is -0.330. The summed E-state index contributed by atoms with van der Waals surface area (Å²) in [6, 6.07) is 19.3. The molecule has 1 saturated heterocycles. The van der Waals surface area contributed by atoms with Crippen molar-refractivity contribution < 1.29 is 23.9 Å². The number of nitrogens with one attached hydrogen (secondary N) is 1. The van der Waals surface area contributed by atoms with Crippen LogP contribution in [0.2, 0.25) is 10.0 Å². The number of rotatable bonds is 7. The van der Waals surface area contributed by atoms with E-state index in [9.17, 15) is 14.4 Å². The molecular formula is C25H18Cl2N2O5. The lowest BCUT2D eigenvalue weighted by molar-refractivity contribution is -0.122. The Balaban J connectivity index is 1.41. The summed E-state index contributed by atoms with van der Waals surface area (Å²) in [6.07, 6.45) is 1.41. The predicted octanol–water partition coefficient (Wildman–Crippen LogP) is 5.12. The molecule has 7 nitrogen and oxygen atoms in total. The number of benzene rings is 3. The van der Waals surface area contributed by atoms with Crippen molar-refractivity contribution in [3.05, 3.63) is 94.0 Å². The lowest BCUT2D eigenvalue weighted by Gasteiger charge is -2.26. The Hall–Kier alpha value is -3.81. The lowest BCUT2D eigenvalue weighted by atomic mass is 10.1. The first kappa shape index (κ1) is 23.4. The zero-order chi connectivity index (χ0) is 24.1. The molecule has 1 heterocycles. The van der Waals surface area contributed by atoms with Gasteiger partial charge in [0.2, 0.25) is 0 Å².